The third-order valence-electron chi connectivity index (χ3n) is 3.75. The Morgan fingerprint density at radius 3 is 2.83 bits per heavy atom. The van der Waals surface area contributed by atoms with Crippen LogP contribution in [0, 0.1) is 0 Å². The number of aromatic nitrogens is 5. The topological polar surface area (TPSA) is 158 Å². The van der Waals surface area contributed by atoms with E-state index < -0.39 is 36.8 Å². The number of hydrogen-bond donors (Lipinski definition) is 5. The van der Waals surface area contributed by atoms with Crippen LogP contribution in [0.3, 0.4) is 0 Å². The third kappa shape index (κ3) is 3.28. The number of imidazole rings is 1. The van der Waals surface area contributed by atoms with Gasteiger partial charge in [-0.25, -0.2) is 14.8 Å². The van der Waals surface area contributed by atoms with Crippen molar-refractivity contribution >= 4 is 5.95 Å². The second-order valence-corrected chi connectivity index (χ2v) is 5.35. The van der Waals surface area contributed by atoms with Crippen LogP contribution in [-0.2, 0) is 11.2 Å². The zero-order valence-corrected chi connectivity index (χ0v) is 12.6. The molecule has 0 aliphatic carbocycles. The van der Waals surface area contributed by atoms with Crippen molar-refractivity contribution in [2.24, 2.45) is 0 Å². The first kappa shape index (κ1) is 16.5. The Bertz CT molecular complexity index is 720. The molecule has 0 saturated carbocycles. The molecule has 2 aromatic heterocycles. The summed E-state index contributed by atoms with van der Waals surface area (Å²) in [4.78, 5) is 26.7. The summed E-state index contributed by atoms with van der Waals surface area (Å²) in [6.07, 6.45) is 0.334. The number of ether oxygens (including phenoxy) is 1. The van der Waals surface area contributed by atoms with Crippen molar-refractivity contribution in [1.29, 1.82) is 0 Å². The van der Waals surface area contributed by atoms with E-state index in [-0.39, 0.29) is 5.95 Å². The van der Waals surface area contributed by atoms with E-state index in [4.69, 9.17) is 9.84 Å². The summed E-state index contributed by atoms with van der Waals surface area (Å²) < 4.78 is 6.25. The van der Waals surface area contributed by atoms with Gasteiger partial charge in [0, 0.05) is 24.9 Å². The summed E-state index contributed by atoms with van der Waals surface area (Å²) in [7, 11) is 0. The van der Waals surface area contributed by atoms with E-state index in [1.807, 2.05) is 0 Å². The van der Waals surface area contributed by atoms with Crippen molar-refractivity contribution in [3.05, 3.63) is 35.0 Å². The minimum absolute atomic E-state index is 0.141. The van der Waals surface area contributed by atoms with E-state index in [0.29, 0.717) is 13.0 Å². The fourth-order valence-corrected chi connectivity index (χ4v) is 2.44. The normalized spacial score (nSPS) is 26.6. The number of nitrogens with one attached hydrogen (secondary N) is 2. The summed E-state index contributed by atoms with van der Waals surface area (Å²) in [5.41, 5.74) is 0.242. The largest absolute Gasteiger partial charge is 0.394 e. The maximum absolute atomic E-state index is 12.1. The van der Waals surface area contributed by atoms with Crippen LogP contribution in [-0.4, -0.2) is 71.3 Å². The second-order valence-electron chi connectivity index (χ2n) is 5.35. The molecule has 0 unspecified atom stereocenters. The minimum Gasteiger partial charge on any atom is -0.394 e. The molecule has 1 aliphatic rings. The van der Waals surface area contributed by atoms with Gasteiger partial charge in [-0.2, -0.15) is 4.98 Å². The Hall–Kier alpha value is -2.34. The van der Waals surface area contributed by atoms with Crippen molar-refractivity contribution < 1.29 is 20.1 Å². The number of aliphatic hydroxyl groups is 3. The summed E-state index contributed by atoms with van der Waals surface area (Å²) in [5, 5.41) is 31.6. The van der Waals surface area contributed by atoms with Crippen LogP contribution in [0.2, 0.25) is 0 Å². The summed E-state index contributed by atoms with van der Waals surface area (Å²) in [5.74, 6) is 0.141. The average Bonchev–Trinajstić information content (AvgIpc) is 3.18. The molecule has 1 fully saturated rings. The number of rotatable bonds is 6. The van der Waals surface area contributed by atoms with Gasteiger partial charge in [-0.15, -0.1) is 0 Å². The van der Waals surface area contributed by atoms with Crippen LogP contribution in [0.5, 0.6) is 0 Å². The van der Waals surface area contributed by atoms with Crippen molar-refractivity contribution in [2.45, 2.75) is 31.0 Å². The lowest BCUT2D eigenvalue weighted by molar-refractivity contribution is -0.0554. The fraction of sp³-hybridized carbons (Fsp3) is 0.538. The predicted molar refractivity (Wildman–Crippen MR) is 80.1 cm³/mol. The summed E-state index contributed by atoms with van der Waals surface area (Å²) in [6, 6.07) is 0. The smallest absolute Gasteiger partial charge is 0.354 e. The van der Waals surface area contributed by atoms with Gasteiger partial charge in [0.15, 0.2) is 6.23 Å². The standard InChI is InChI=1S/C13H18N6O5/c20-4-8-9(21)10(22)11(24-8)19-6-17-12(18-13(19)23)15-2-1-7-3-14-5-16-7/h3,5-6,8-11,20-22H,1-2,4H2,(H,14,16)(H,15,18,23)/t8-,9-,10-,11-/m1/s1. The molecule has 3 rings (SSSR count). The minimum atomic E-state index is -1.36. The molecule has 3 heterocycles. The Labute approximate surface area is 136 Å². The van der Waals surface area contributed by atoms with Crippen molar-refractivity contribution in [2.75, 3.05) is 18.5 Å². The number of nitrogens with zero attached hydrogens (tertiary/aromatic N) is 4. The Morgan fingerprint density at radius 2 is 2.21 bits per heavy atom. The molecular weight excluding hydrogens is 320 g/mol. The molecule has 130 valence electrons. The molecule has 0 amide bonds. The molecule has 0 radical (unpaired) electrons. The SMILES string of the molecule is O=c1nc(NCCc2cnc[nH]2)ncn1[C@@H]1O[C@H](CO)[C@@H](O)[C@H]1O. The van der Waals surface area contributed by atoms with E-state index in [9.17, 15) is 15.0 Å². The van der Waals surface area contributed by atoms with Crippen LogP contribution in [0.25, 0.3) is 0 Å². The van der Waals surface area contributed by atoms with Gasteiger partial charge in [-0.1, -0.05) is 0 Å². The highest BCUT2D eigenvalue weighted by atomic mass is 16.6. The Kier molecular flexibility index (Phi) is 4.85. The molecule has 0 spiro atoms. The summed E-state index contributed by atoms with van der Waals surface area (Å²) >= 11 is 0. The van der Waals surface area contributed by atoms with E-state index >= 15 is 0 Å². The second kappa shape index (κ2) is 7.05. The van der Waals surface area contributed by atoms with Gasteiger partial charge < -0.3 is 30.4 Å². The van der Waals surface area contributed by atoms with Gasteiger partial charge in [0.1, 0.15) is 24.6 Å². The molecular formula is C13H18N6O5. The van der Waals surface area contributed by atoms with Gasteiger partial charge in [0.25, 0.3) is 0 Å². The average molecular weight is 338 g/mol. The lowest BCUT2D eigenvalue weighted by Crippen LogP contribution is -2.36. The molecule has 1 saturated heterocycles. The monoisotopic (exact) mass is 338 g/mol. The van der Waals surface area contributed by atoms with Crippen LogP contribution in [0.1, 0.15) is 11.9 Å². The highest BCUT2D eigenvalue weighted by molar-refractivity contribution is 5.21. The number of H-pyrrole nitrogens is 1. The van der Waals surface area contributed by atoms with Crippen LogP contribution >= 0.6 is 0 Å². The van der Waals surface area contributed by atoms with Gasteiger partial charge in [0.05, 0.1) is 12.9 Å². The molecule has 2 aromatic rings. The molecule has 4 atom stereocenters. The van der Waals surface area contributed by atoms with E-state index in [1.54, 1.807) is 12.5 Å². The van der Waals surface area contributed by atoms with Crippen LogP contribution in [0.15, 0.2) is 23.6 Å². The lowest BCUT2D eigenvalue weighted by atomic mass is 10.1. The van der Waals surface area contributed by atoms with Crippen LogP contribution < -0.4 is 11.0 Å². The maximum Gasteiger partial charge on any atom is 0.354 e. The van der Waals surface area contributed by atoms with E-state index in [1.165, 1.54) is 6.33 Å². The Balaban J connectivity index is 1.65. The van der Waals surface area contributed by atoms with E-state index in [2.05, 4.69) is 25.3 Å². The maximum atomic E-state index is 12.1. The third-order valence-corrected chi connectivity index (χ3v) is 3.75. The van der Waals surface area contributed by atoms with Gasteiger partial charge in [-0.3, -0.25) is 4.57 Å². The molecule has 11 nitrogen and oxygen atoms in total. The molecule has 0 aromatic carbocycles. The summed E-state index contributed by atoms with van der Waals surface area (Å²) in [6.45, 7) is 0.0249. The van der Waals surface area contributed by atoms with Crippen molar-refractivity contribution in [3.63, 3.8) is 0 Å². The first-order valence-corrected chi connectivity index (χ1v) is 7.39. The Morgan fingerprint density at radius 1 is 1.38 bits per heavy atom. The predicted octanol–water partition coefficient (Wildman–Crippen LogP) is -2.37. The van der Waals surface area contributed by atoms with Crippen LogP contribution in [0.4, 0.5) is 5.95 Å². The van der Waals surface area contributed by atoms with E-state index in [0.717, 1.165) is 10.3 Å². The number of anilines is 1. The molecule has 24 heavy (non-hydrogen) atoms. The van der Waals surface area contributed by atoms with Crippen molar-refractivity contribution in [1.82, 2.24) is 24.5 Å². The quantitative estimate of drug-likeness (QED) is 0.388. The first-order valence-electron chi connectivity index (χ1n) is 7.39. The zero-order valence-electron chi connectivity index (χ0n) is 12.6. The van der Waals surface area contributed by atoms with Crippen molar-refractivity contribution in [3.8, 4) is 0 Å². The highest BCUT2D eigenvalue weighted by Gasteiger charge is 2.43. The molecule has 1 aliphatic heterocycles. The molecule has 11 heteroatoms. The number of aliphatic hydroxyl groups excluding tert-OH is 3. The lowest BCUT2D eigenvalue weighted by Gasteiger charge is -2.16. The molecule has 5 N–H and O–H groups in total. The van der Waals surface area contributed by atoms with Gasteiger partial charge >= 0.3 is 5.69 Å². The number of hydrogen-bond acceptors (Lipinski definition) is 9. The van der Waals surface area contributed by atoms with Gasteiger partial charge in [-0.05, 0) is 0 Å². The first-order chi connectivity index (χ1) is 11.6. The zero-order chi connectivity index (χ0) is 17.1. The highest BCUT2D eigenvalue weighted by Crippen LogP contribution is 2.27. The fourth-order valence-electron chi connectivity index (χ4n) is 2.44. The van der Waals surface area contributed by atoms with Gasteiger partial charge in [0.2, 0.25) is 5.95 Å². The molecule has 0 bridgehead atoms. The number of aromatic amines is 1.